The van der Waals surface area contributed by atoms with Gasteiger partial charge >= 0.3 is 5.97 Å². The topological polar surface area (TPSA) is 78.9 Å². The third-order valence-electron chi connectivity index (χ3n) is 3.87. The van der Waals surface area contributed by atoms with Gasteiger partial charge in [-0.25, -0.2) is 4.79 Å². The number of carbonyl (C=O) groups is 1. The van der Waals surface area contributed by atoms with E-state index >= 15 is 0 Å². The minimum atomic E-state index is -3.74. The van der Waals surface area contributed by atoms with Crippen LogP contribution in [-0.4, -0.2) is 43.5 Å². The third kappa shape index (κ3) is 1.35. The van der Waals surface area contributed by atoms with Gasteiger partial charge in [0.25, 0.3) is 10.1 Å². The first-order valence-corrected chi connectivity index (χ1v) is 7.19. The van der Waals surface area contributed by atoms with Gasteiger partial charge < -0.3 is 9.47 Å². The maximum atomic E-state index is 11.9. The standard InChI is InChI=1S/C11H14O6S/c1-5(2)10(12)16-11(3)7-4-6-8(15-7)9(11)18(13,14)17-6/h6-9H,1,4H2,2-3H3. The van der Waals surface area contributed by atoms with E-state index in [9.17, 15) is 13.2 Å². The first-order chi connectivity index (χ1) is 8.25. The van der Waals surface area contributed by atoms with Crippen LogP contribution < -0.4 is 0 Å². The van der Waals surface area contributed by atoms with Gasteiger partial charge in [-0.2, -0.15) is 8.42 Å². The average Bonchev–Trinajstić information content (AvgIpc) is 2.76. The Hall–Kier alpha value is -0.920. The van der Waals surface area contributed by atoms with Crippen molar-refractivity contribution in [3.63, 3.8) is 0 Å². The van der Waals surface area contributed by atoms with Crippen LogP contribution in [0.25, 0.3) is 0 Å². The van der Waals surface area contributed by atoms with Gasteiger partial charge in [-0.3, -0.25) is 4.18 Å². The fraction of sp³-hybridized carbons (Fsp3) is 0.727. The Labute approximate surface area is 105 Å². The van der Waals surface area contributed by atoms with Crippen LogP contribution >= 0.6 is 0 Å². The summed E-state index contributed by atoms with van der Waals surface area (Å²) in [6.45, 7) is 6.60. The molecule has 7 heteroatoms. The molecule has 3 aliphatic rings. The van der Waals surface area contributed by atoms with E-state index < -0.39 is 45.3 Å². The Balaban J connectivity index is 1.98. The minimum absolute atomic E-state index is 0.229. The summed E-state index contributed by atoms with van der Waals surface area (Å²) < 4.78 is 39.8. The molecule has 0 N–H and O–H groups in total. The molecular weight excluding hydrogens is 260 g/mol. The van der Waals surface area contributed by atoms with E-state index in [1.165, 1.54) is 6.92 Å². The monoisotopic (exact) mass is 274 g/mol. The van der Waals surface area contributed by atoms with E-state index in [4.69, 9.17) is 13.7 Å². The van der Waals surface area contributed by atoms with Crippen LogP contribution in [0.4, 0.5) is 0 Å². The van der Waals surface area contributed by atoms with Gasteiger partial charge in [0.1, 0.15) is 18.3 Å². The number of carbonyl (C=O) groups excluding carboxylic acids is 1. The zero-order valence-corrected chi connectivity index (χ0v) is 10.9. The molecule has 0 aromatic heterocycles. The number of ether oxygens (including phenoxy) is 2. The van der Waals surface area contributed by atoms with Crippen molar-refractivity contribution in [3.05, 3.63) is 12.2 Å². The molecule has 100 valence electrons. The smallest absolute Gasteiger partial charge is 0.333 e. The van der Waals surface area contributed by atoms with Crippen molar-refractivity contribution >= 4 is 16.1 Å². The van der Waals surface area contributed by atoms with Crippen molar-refractivity contribution in [1.29, 1.82) is 0 Å². The average molecular weight is 274 g/mol. The van der Waals surface area contributed by atoms with Crippen LogP contribution in [-0.2, 0) is 28.6 Å². The highest BCUT2D eigenvalue weighted by molar-refractivity contribution is 7.87. The first kappa shape index (κ1) is 12.1. The van der Waals surface area contributed by atoms with E-state index in [-0.39, 0.29) is 5.57 Å². The predicted octanol–water partition coefficient (Wildman–Crippen LogP) is 0.133. The molecule has 3 rings (SSSR count). The zero-order valence-electron chi connectivity index (χ0n) is 10.1. The van der Waals surface area contributed by atoms with Crippen LogP contribution in [0.2, 0.25) is 0 Å². The summed E-state index contributed by atoms with van der Waals surface area (Å²) in [5.41, 5.74) is -0.959. The molecule has 0 aliphatic carbocycles. The second-order valence-corrected chi connectivity index (χ2v) is 6.91. The Kier molecular flexibility index (Phi) is 2.25. The lowest BCUT2D eigenvalue weighted by atomic mass is 9.84. The summed E-state index contributed by atoms with van der Waals surface area (Å²) in [7, 11) is -3.74. The highest BCUT2D eigenvalue weighted by Crippen LogP contribution is 2.53. The summed E-state index contributed by atoms with van der Waals surface area (Å²) in [5, 5.41) is -0.933. The molecule has 0 aromatic rings. The van der Waals surface area contributed by atoms with Gasteiger partial charge in [-0.1, -0.05) is 6.58 Å². The molecular formula is C11H14O6S. The molecule has 0 aromatic carbocycles. The zero-order chi connectivity index (χ0) is 13.3. The van der Waals surface area contributed by atoms with E-state index in [0.29, 0.717) is 6.42 Å². The lowest BCUT2D eigenvalue weighted by molar-refractivity contribution is -0.157. The van der Waals surface area contributed by atoms with Crippen LogP contribution in [0, 0.1) is 0 Å². The molecule has 2 bridgehead atoms. The largest absolute Gasteiger partial charge is 0.452 e. The summed E-state index contributed by atoms with van der Waals surface area (Å²) >= 11 is 0. The Morgan fingerprint density at radius 3 is 2.78 bits per heavy atom. The molecule has 5 unspecified atom stereocenters. The van der Waals surface area contributed by atoms with E-state index in [2.05, 4.69) is 6.58 Å². The van der Waals surface area contributed by atoms with Crippen LogP contribution in [0.1, 0.15) is 20.3 Å². The maximum Gasteiger partial charge on any atom is 0.333 e. The third-order valence-corrected chi connectivity index (χ3v) is 5.74. The maximum absolute atomic E-state index is 11.9. The lowest BCUT2D eigenvalue weighted by Crippen LogP contribution is -2.53. The molecule has 0 spiro atoms. The van der Waals surface area contributed by atoms with Gasteiger partial charge in [0.05, 0.1) is 0 Å². The van der Waals surface area contributed by atoms with Crippen molar-refractivity contribution in [1.82, 2.24) is 0 Å². The fourth-order valence-corrected chi connectivity index (χ4v) is 5.00. The molecule has 0 radical (unpaired) electrons. The van der Waals surface area contributed by atoms with Crippen LogP contribution in [0.3, 0.4) is 0 Å². The quantitative estimate of drug-likeness (QED) is 0.405. The molecule has 5 atom stereocenters. The highest BCUT2D eigenvalue weighted by atomic mass is 32.2. The van der Waals surface area contributed by atoms with Gasteiger partial charge in [-0.15, -0.1) is 0 Å². The molecule has 0 amide bonds. The van der Waals surface area contributed by atoms with Crippen molar-refractivity contribution in [2.75, 3.05) is 0 Å². The predicted molar refractivity (Wildman–Crippen MR) is 60.2 cm³/mol. The van der Waals surface area contributed by atoms with Gasteiger partial charge in [0.2, 0.25) is 0 Å². The van der Waals surface area contributed by atoms with Gasteiger partial charge in [0.15, 0.2) is 10.9 Å². The summed E-state index contributed by atoms with van der Waals surface area (Å²) in [6.07, 6.45) is -0.956. The number of hydrogen-bond donors (Lipinski definition) is 0. The first-order valence-electron chi connectivity index (χ1n) is 5.72. The Morgan fingerprint density at radius 2 is 2.17 bits per heavy atom. The number of esters is 1. The van der Waals surface area contributed by atoms with Crippen molar-refractivity contribution in [2.24, 2.45) is 0 Å². The molecule has 3 saturated heterocycles. The minimum Gasteiger partial charge on any atom is -0.452 e. The molecule has 3 aliphatic heterocycles. The molecule has 0 saturated carbocycles. The Bertz CT molecular complexity index is 536. The molecule has 18 heavy (non-hydrogen) atoms. The van der Waals surface area contributed by atoms with E-state index in [1.54, 1.807) is 6.92 Å². The van der Waals surface area contributed by atoms with Gasteiger partial charge in [0, 0.05) is 12.0 Å². The second kappa shape index (κ2) is 3.34. The highest BCUT2D eigenvalue weighted by Gasteiger charge is 2.73. The molecule has 3 heterocycles. The normalized spacial score (nSPS) is 47.2. The van der Waals surface area contributed by atoms with E-state index in [0.717, 1.165) is 0 Å². The lowest BCUT2D eigenvalue weighted by Gasteiger charge is -2.33. The van der Waals surface area contributed by atoms with E-state index in [1.807, 2.05) is 0 Å². The SMILES string of the molecule is C=C(C)C(=O)OC1(C)C2CC3OS(=O)(=O)C1C3O2. The number of rotatable bonds is 2. The number of hydrogen-bond acceptors (Lipinski definition) is 6. The summed E-state index contributed by atoms with van der Waals surface area (Å²) in [6, 6.07) is 0. The summed E-state index contributed by atoms with van der Waals surface area (Å²) in [4.78, 5) is 11.7. The van der Waals surface area contributed by atoms with Crippen LogP contribution in [0.15, 0.2) is 12.2 Å². The fourth-order valence-electron chi connectivity index (χ4n) is 3.01. The molecule has 3 fully saturated rings. The summed E-state index contributed by atoms with van der Waals surface area (Å²) in [5.74, 6) is -0.604. The van der Waals surface area contributed by atoms with Crippen molar-refractivity contribution in [3.8, 4) is 0 Å². The van der Waals surface area contributed by atoms with Crippen molar-refractivity contribution in [2.45, 2.75) is 49.4 Å². The Morgan fingerprint density at radius 1 is 1.50 bits per heavy atom. The second-order valence-electron chi connectivity index (χ2n) is 5.23. The van der Waals surface area contributed by atoms with Crippen molar-refractivity contribution < 1.29 is 26.9 Å². The van der Waals surface area contributed by atoms with Crippen LogP contribution in [0.5, 0.6) is 0 Å². The number of fused-ring (bicyclic) bond motifs is 1. The molecule has 6 nitrogen and oxygen atoms in total. The van der Waals surface area contributed by atoms with Gasteiger partial charge in [-0.05, 0) is 13.8 Å².